The largest absolute Gasteiger partial charge is 0.394 e. The molecule has 4 nitrogen and oxygen atoms in total. The van der Waals surface area contributed by atoms with Crippen LogP contribution >= 0.6 is 0 Å². The van der Waals surface area contributed by atoms with Crippen molar-refractivity contribution in [3.05, 3.63) is 36.5 Å². The van der Waals surface area contributed by atoms with Crippen molar-refractivity contribution in [2.45, 2.75) is 167 Å². The van der Waals surface area contributed by atoms with Crippen LogP contribution < -0.4 is 5.32 Å². The minimum absolute atomic E-state index is 0.0939. The molecule has 0 heterocycles. The molecule has 0 aromatic rings. The molecule has 0 aliphatic rings. The predicted octanol–water partition coefficient (Wildman–Crippen LogP) is 9.12. The minimum Gasteiger partial charge on any atom is -0.394 e. The number of rotatable bonds is 28. The Balaban J connectivity index is 3.74. The molecule has 222 valence electrons. The molecule has 0 saturated heterocycles. The summed E-state index contributed by atoms with van der Waals surface area (Å²) in [5.41, 5.74) is 0. The van der Waals surface area contributed by atoms with Gasteiger partial charge in [-0.15, -0.1) is 0 Å². The first-order chi connectivity index (χ1) is 18.7. The first kappa shape index (κ1) is 36.6. The summed E-state index contributed by atoms with van der Waals surface area (Å²) in [5.74, 6) is -0.0939. The van der Waals surface area contributed by atoms with Gasteiger partial charge in [0.1, 0.15) is 0 Å². The van der Waals surface area contributed by atoms with Crippen LogP contribution in [0.1, 0.15) is 155 Å². The number of nitrogens with one attached hydrogen (secondary N) is 1. The van der Waals surface area contributed by atoms with Crippen molar-refractivity contribution in [3.8, 4) is 0 Å². The maximum atomic E-state index is 12.2. The molecule has 0 aromatic carbocycles. The number of carbonyl (C=O) groups excluding carboxylic acids is 1. The number of unbranched alkanes of at least 4 members (excludes halogenated alkanes) is 18. The Bertz CT molecular complexity index is 584. The van der Waals surface area contributed by atoms with E-state index in [2.05, 4.69) is 37.4 Å². The Morgan fingerprint density at radius 1 is 0.632 bits per heavy atom. The van der Waals surface area contributed by atoms with Crippen LogP contribution in [0.4, 0.5) is 0 Å². The quantitative estimate of drug-likeness (QED) is 0.0533. The van der Waals surface area contributed by atoms with E-state index in [0.717, 1.165) is 32.1 Å². The van der Waals surface area contributed by atoms with E-state index in [4.69, 9.17) is 0 Å². The summed E-state index contributed by atoms with van der Waals surface area (Å²) < 4.78 is 0. The average Bonchev–Trinajstić information content (AvgIpc) is 2.92. The lowest BCUT2D eigenvalue weighted by molar-refractivity contribution is -0.123. The predicted molar refractivity (Wildman–Crippen MR) is 165 cm³/mol. The third kappa shape index (κ3) is 26.2. The van der Waals surface area contributed by atoms with Gasteiger partial charge in [-0.2, -0.15) is 0 Å². The summed E-state index contributed by atoms with van der Waals surface area (Å²) in [6.45, 7) is 4.23. The van der Waals surface area contributed by atoms with E-state index in [0.29, 0.717) is 6.42 Å². The molecule has 0 aromatic heterocycles. The minimum atomic E-state index is -0.888. The highest BCUT2D eigenvalue weighted by Gasteiger charge is 2.17. The molecule has 38 heavy (non-hydrogen) atoms. The van der Waals surface area contributed by atoms with Gasteiger partial charge in [-0.05, 0) is 44.9 Å². The molecule has 2 atom stereocenters. The summed E-state index contributed by atoms with van der Waals surface area (Å²) in [6.07, 6.45) is 37.9. The monoisotopic (exact) mass is 533 g/mol. The summed E-state index contributed by atoms with van der Waals surface area (Å²) in [5, 5.41) is 22.7. The van der Waals surface area contributed by atoms with Crippen molar-refractivity contribution >= 4 is 5.91 Å². The molecule has 0 fully saturated rings. The topological polar surface area (TPSA) is 69.6 Å². The van der Waals surface area contributed by atoms with Gasteiger partial charge in [-0.25, -0.2) is 0 Å². The van der Waals surface area contributed by atoms with Gasteiger partial charge in [0.25, 0.3) is 0 Å². The van der Waals surface area contributed by atoms with Crippen molar-refractivity contribution in [3.63, 3.8) is 0 Å². The normalized spacial score (nSPS) is 13.7. The molecule has 0 radical (unpaired) electrons. The Morgan fingerprint density at radius 2 is 1.08 bits per heavy atom. The van der Waals surface area contributed by atoms with Crippen LogP contribution in [-0.2, 0) is 4.79 Å². The summed E-state index contributed by atoms with van der Waals surface area (Å²) >= 11 is 0. The van der Waals surface area contributed by atoms with Crippen molar-refractivity contribution in [1.82, 2.24) is 5.32 Å². The molecule has 4 heteroatoms. The zero-order chi connectivity index (χ0) is 27.9. The molecule has 0 spiro atoms. The van der Waals surface area contributed by atoms with Crippen molar-refractivity contribution < 1.29 is 15.0 Å². The van der Waals surface area contributed by atoms with Crippen LogP contribution in [0.25, 0.3) is 0 Å². The second-order valence-electron chi connectivity index (χ2n) is 10.9. The molecule has 0 rings (SSSR count). The molecule has 3 N–H and O–H groups in total. The van der Waals surface area contributed by atoms with Crippen LogP contribution in [0.3, 0.4) is 0 Å². The lowest BCUT2D eigenvalue weighted by Gasteiger charge is -2.19. The van der Waals surface area contributed by atoms with Crippen LogP contribution in [0, 0.1) is 0 Å². The molecule has 1 amide bonds. The maximum Gasteiger partial charge on any atom is 0.220 e. The molecular formula is C34H63NO3. The van der Waals surface area contributed by atoms with Gasteiger partial charge >= 0.3 is 0 Å². The van der Waals surface area contributed by atoms with E-state index in [-0.39, 0.29) is 12.5 Å². The lowest BCUT2D eigenvalue weighted by Crippen LogP contribution is -2.45. The standard InChI is InChI=1S/C34H63NO3/c1-3-5-7-9-11-13-15-16-17-18-20-22-24-26-28-30-34(38)35-32(31-36)33(37)29-27-25-23-21-19-14-12-10-8-6-4-2/h16-17,23,25,27,29,32-33,36-37H,3-15,18-22,24,26,28,30-31H2,1-2H3,(H,35,38)/b17-16+,25-23+,29-27+/t32-,33+/m0/s1. The van der Waals surface area contributed by atoms with E-state index in [9.17, 15) is 15.0 Å². The maximum absolute atomic E-state index is 12.2. The van der Waals surface area contributed by atoms with E-state index in [1.54, 1.807) is 6.08 Å². The summed E-state index contributed by atoms with van der Waals surface area (Å²) in [6, 6.07) is -0.654. The van der Waals surface area contributed by atoms with Crippen molar-refractivity contribution in [2.75, 3.05) is 6.61 Å². The summed E-state index contributed by atoms with van der Waals surface area (Å²) in [7, 11) is 0. The highest BCUT2D eigenvalue weighted by molar-refractivity contribution is 5.76. The molecule has 0 aliphatic heterocycles. The zero-order valence-electron chi connectivity index (χ0n) is 25.2. The number of aliphatic hydroxyl groups is 2. The van der Waals surface area contributed by atoms with Gasteiger partial charge in [-0.1, -0.05) is 140 Å². The Morgan fingerprint density at radius 3 is 1.58 bits per heavy atom. The highest BCUT2D eigenvalue weighted by Crippen LogP contribution is 2.11. The SMILES string of the molecule is CCCCCCCC/C=C/CCCCCCCC(=O)N[C@@H](CO)[C@H](O)/C=C/C=C/CCCCCCCCC. The van der Waals surface area contributed by atoms with Crippen LogP contribution in [0.15, 0.2) is 36.5 Å². The lowest BCUT2D eigenvalue weighted by atomic mass is 10.1. The second-order valence-corrected chi connectivity index (χ2v) is 10.9. The first-order valence-corrected chi connectivity index (χ1v) is 16.2. The van der Waals surface area contributed by atoms with E-state index < -0.39 is 12.1 Å². The van der Waals surface area contributed by atoms with Crippen molar-refractivity contribution in [2.24, 2.45) is 0 Å². The number of hydrogen-bond donors (Lipinski definition) is 3. The van der Waals surface area contributed by atoms with Gasteiger partial charge in [0.2, 0.25) is 5.91 Å². The Kier molecular flexibility index (Phi) is 29.1. The molecular weight excluding hydrogens is 470 g/mol. The van der Waals surface area contributed by atoms with E-state index in [1.807, 2.05) is 12.2 Å². The van der Waals surface area contributed by atoms with E-state index >= 15 is 0 Å². The molecule has 0 unspecified atom stereocenters. The zero-order valence-corrected chi connectivity index (χ0v) is 25.2. The van der Waals surface area contributed by atoms with Gasteiger partial charge in [-0.3, -0.25) is 4.79 Å². The fraction of sp³-hybridized carbons (Fsp3) is 0.794. The molecule has 0 bridgehead atoms. The number of hydrogen-bond acceptors (Lipinski definition) is 3. The smallest absolute Gasteiger partial charge is 0.220 e. The van der Waals surface area contributed by atoms with Gasteiger partial charge in [0, 0.05) is 6.42 Å². The number of carbonyl (C=O) groups is 1. The third-order valence-corrected chi connectivity index (χ3v) is 7.15. The number of aliphatic hydroxyl groups excluding tert-OH is 2. The van der Waals surface area contributed by atoms with Gasteiger partial charge in [0.15, 0.2) is 0 Å². The summed E-state index contributed by atoms with van der Waals surface area (Å²) in [4.78, 5) is 12.2. The number of amides is 1. The van der Waals surface area contributed by atoms with Gasteiger partial charge in [0.05, 0.1) is 18.8 Å². The third-order valence-electron chi connectivity index (χ3n) is 7.15. The first-order valence-electron chi connectivity index (χ1n) is 16.2. The van der Waals surface area contributed by atoms with Crippen molar-refractivity contribution in [1.29, 1.82) is 0 Å². The fourth-order valence-corrected chi connectivity index (χ4v) is 4.58. The van der Waals surface area contributed by atoms with E-state index in [1.165, 1.54) is 103 Å². The van der Waals surface area contributed by atoms with Crippen LogP contribution in [0.2, 0.25) is 0 Å². The molecule has 0 saturated carbocycles. The van der Waals surface area contributed by atoms with Crippen LogP contribution in [-0.4, -0.2) is 34.9 Å². The highest BCUT2D eigenvalue weighted by atomic mass is 16.3. The van der Waals surface area contributed by atoms with Crippen LogP contribution in [0.5, 0.6) is 0 Å². The Labute approximate surface area is 236 Å². The Hall–Kier alpha value is -1.39. The second kappa shape index (κ2) is 30.2. The fourth-order valence-electron chi connectivity index (χ4n) is 4.58. The van der Waals surface area contributed by atoms with Gasteiger partial charge < -0.3 is 15.5 Å². The average molecular weight is 534 g/mol. The number of allylic oxidation sites excluding steroid dienone is 5. The molecule has 0 aliphatic carbocycles.